The smallest absolute Gasteiger partial charge is 0.333 e. The molecule has 0 radical (unpaired) electrons. The number of rotatable bonds is 4. The molecule has 4 aromatic rings. The van der Waals surface area contributed by atoms with Crippen molar-refractivity contribution >= 4 is 55.5 Å². The minimum Gasteiger partial charge on any atom is -0.508 e. The standard InChI is InChI=1S/C20H14ClN3O5S2/c21-17-7-8-18(30-17)31(28,29)23-20(27)22-13-1-3-14(4-2-13)24-10-9-12-11-15(25)5-6-16(12)19(24)26/h1-11,25H,(H2,22,23,27). The molecule has 0 atom stereocenters. The normalized spacial score (nSPS) is 11.4. The molecule has 2 aromatic heterocycles. The van der Waals surface area contributed by atoms with Crippen molar-refractivity contribution in [2.45, 2.75) is 4.21 Å². The second-order valence-electron chi connectivity index (χ2n) is 6.43. The maximum atomic E-state index is 12.7. The number of phenolic OH excluding ortho intramolecular Hbond substituents is 1. The van der Waals surface area contributed by atoms with E-state index in [2.05, 4.69) is 5.32 Å². The predicted molar refractivity (Wildman–Crippen MR) is 120 cm³/mol. The molecule has 0 saturated carbocycles. The first-order valence-electron chi connectivity index (χ1n) is 8.77. The molecule has 3 N–H and O–H groups in total. The number of carbonyl (C=O) groups excluding carboxylic acids is 1. The monoisotopic (exact) mass is 475 g/mol. The predicted octanol–water partition coefficient (Wildman–Crippen LogP) is 3.92. The highest BCUT2D eigenvalue weighted by Crippen LogP contribution is 2.25. The van der Waals surface area contributed by atoms with Gasteiger partial charge >= 0.3 is 6.03 Å². The van der Waals surface area contributed by atoms with Crippen molar-refractivity contribution in [2.24, 2.45) is 0 Å². The lowest BCUT2D eigenvalue weighted by molar-refractivity contribution is 0.256. The highest BCUT2D eigenvalue weighted by Gasteiger charge is 2.19. The minimum atomic E-state index is -4.03. The summed E-state index contributed by atoms with van der Waals surface area (Å²) < 4.78 is 27.9. The van der Waals surface area contributed by atoms with Gasteiger partial charge in [0.05, 0.1) is 4.34 Å². The summed E-state index contributed by atoms with van der Waals surface area (Å²) in [5.74, 6) is 0.0718. The third-order valence-corrected chi connectivity index (χ3v) is 7.39. The number of hydrogen-bond acceptors (Lipinski definition) is 6. The highest BCUT2D eigenvalue weighted by atomic mass is 35.5. The van der Waals surface area contributed by atoms with Gasteiger partial charge in [-0.05, 0) is 66.0 Å². The number of carbonyl (C=O) groups is 1. The number of thiophene rings is 1. The number of hydrogen-bond donors (Lipinski definition) is 3. The number of sulfonamides is 1. The molecule has 0 spiro atoms. The van der Waals surface area contributed by atoms with Crippen molar-refractivity contribution < 1.29 is 18.3 Å². The molecule has 11 heteroatoms. The van der Waals surface area contributed by atoms with Crippen LogP contribution in [0.25, 0.3) is 16.5 Å². The van der Waals surface area contributed by atoms with Gasteiger partial charge in [-0.1, -0.05) is 11.6 Å². The molecule has 0 aliphatic carbocycles. The van der Waals surface area contributed by atoms with E-state index in [-0.39, 0.29) is 19.9 Å². The lowest BCUT2D eigenvalue weighted by atomic mass is 10.1. The number of fused-ring (bicyclic) bond motifs is 1. The largest absolute Gasteiger partial charge is 0.508 e. The molecule has 4 rings (SSSR count). The van der Waals surface area contributed by atoms with Gasteiger partial charge < -0.3 is 10.4 Å². The summed E-state index contributed by atoms with van der Waals surface area (Å²) in [5, 5.41) is 13.0. The number of phenols is 1. The van der Waals surface area contributed by atoms with Crippen LogP contribution in [0.5, 0.6) is 5.75 Å². The van der Waals surface area contributed by atoms with Crippen molar-refractivity contribution in [3.05, 3.63) is 81.6 Å². The summed E-state index contributed by atoms with van der Waals surface area (Å²) in [6.07, 6.45) is 1.58. The van der Waals surface area contributed by atoms with Crippen molar-refractivity contribution in [1.29, 1.82) is 0 Å². The van der Waals surface area contributed by atoms with E-state index in [1.165, 1.54) is 41.0 Å². The first kappa shape index (κ1) is 20.9. The van der Waals surface area contributed by atoms with Crippen LogP contribution in [0, 0.1) is 0 Å². The summed E-state index contributed by atoms with van der Waals surface area (Å²) in [6, 6.07) is 14.3. The number of pyridine rings is 1. The van der Waals surface area contributed by atoms with Crippen LogP contribution in [-0.4, -0.2) is 24.1 Å². The number of nitrogens with zero attached hydrogens (tertiary/aromatic N) is 1. The second kappa shape index (κ2) is 8.06. The Kier molecular flexibility index (Phi) is 5.44. The summed E-state index contributed by atoms with van der Waals surface area (Å²) in [7, 11) is -4.03. The Labute approximate surface area is 185 Å². The number of amides is 2. The molecule has 0 aliphatic heterocycles. The molecular formula is C20H14ClN3O5S2. The first-order chi connectivity index (χ1) is 14.7. The van der Waals surface area contributed by atoms with Gasteiger partial charge in [0.25, 0.3) is 15.6 Å². The Morgan fingerprint density at radius 1 is 1.03 bits per heavy atom. The fourth-order valence-electron chi connectivity index (χ4n) is 2.91. The average molecular weight is 476 g/mol. The quantitative estimate of drug-likeness (QED) is 0.413. The van der Waals surface area contributed by atoms with E-state index in [1.807, 2.05) is 4.72 Å². The van der Waals surface area contributed by atoms with Gasteiger partial charge in [0.15, 0.2) is 0 Å². The van der Waals surface area contributed by atoms with E-state index in [0.717, 1.165) is 11.3 Å². The van der Waals surface area contributed by atoms with Crippen LogP contribution in [-0.2, 0) is 10.0 Å². The Morgan fingerprint density at radius 2 is 1.77 bits per heavy atom. The zero-order valence-corrected chi connectivity index (χ0v) is 18.0. The maximum Gasteiger partial charge on any atom is 0.333 e. The molecule has 2 heterocycles. The fourth-order valence-corrected chi connectivity index (χ4v) is 5.30. The molecule has 0 unspecified atom stereocenters. The van der Waals surface area contributed by atoms with Gasteiger partial charge in [0.1, 0.15) is 9.96 Å². The third-order valence-electron chi connectivity index (χ3n) is 4.33. The van der Waals surface area contributed by atoms with E-state index >= 15 is 0 Å². The van der Waals surface area contributed by atoms with Crippen LogP contribution in [0.2, 0.25) is 4.34 Å². The molecule has 8 nitrogen and oxygen atoms in total. The molecule has 0 bridgehead atoms. The summed E-state index contributed by atoms with van der Waals surface area (Å²) in [6.45, 7) is 0. The molecule has 158 valence electrons. The van der Waals surface area contributed by atoms with Gasteiger partial charge in [-0.15, -0.1) is 11.3 Å². The molecule has 2 aromatic carbocycles. The molecular weight excluding hydrogens is 462 g/mol. The van der Waals surface area contributed by atoms with Gasteiger partial charge in [0, 0.05) is 23.0 Å². The van der Waals surface area contributed by atoms with Crippen LogP contribution in [0.3, 0.4) is 0 Å². The summed E-state index contributed by atoms with van der Waals surface area (Å²) >= 11 is 6.57. The second-order valence-corrected chi connectivity index (χ2v) is 10.1. The lowest BCUT2D eigenvalue weighted by Gasteiger charge is -2.10. The molecule has 0 saturated heterocycles. The van der Waals surface area contributed by atoms with Gasteiger partial charge in [-0.3, -0.25) is 9.36 Å². The van der Waals surface area contributed by atoms with Gasteiger partial charge in [-0.2, -0.15) is 0 Å². The molecule has 0 fully saturated rings. The van der Waals surface area contributed by atoms with Crippen LogP contribution in [0.4, 0.5) is 10.5 Å². The van der Waals surface area contributed by atoms with Gasteiger partial charge in [0.2, 0.25) is 0 Å². The van der Waals surface area contributed by atoms with E-state index in [1.54, 1.807) is 30.5 Å². The average Bonchev–Trinajstić information content (AvgIpc) is 3.16. The van der Waals surface area contributed by atoms with Gasteiger partial charge in [-0.25, -0.2) is 17.9 Å². The van der Waals surface area contributed by atoms with Crippen LogP contribution in [0.1, 0.15) is 0 Å². The van der Waals surface area contributed by atoms with Crippen LogP contribution >= 0.6 is 22.9 Å². The number of nitrogens with one attached hydrogen (secondary N) is 2. The van der Waals surface area contributed by atoms with Crippen molar-refractivity contribution in [3.63, 3.8) is 0 Å². The van der Waals surface area contributed by atoms with E-state index in [0.29, 0.717) is 22.1 Å². The van der Waals surface area contributed by atoms with E-state index in [9.17, 15) is 23.1 Å². The number of urea groups is 1. The zero-order chi connectivity index (χ0) is 22.2. The Balaban J connectivity index is 1.52. The van der Waals surface area contributed by atoms with E-state index < -0.39 is 16.1 Å². The number of benzene rings is 2. The number of aromatic nitrogens is 1. The van der Waals surface area contributed by atoms with Crippen molar-refractivity contribution in [1.82, 2.24) is 9.29 Å². The topological polar surface area (TPSA) is 118 Å². The van der Waals surface area contributed by atoms with Crippen molar-refractivity contribution in [2.75, 3.05) is 5.32 Å². The maximum absolute atomic E-state index is 12.7. The molecule has 2 amide bonds. The Bertz CT molecular complexity index is 1460. The Morgan fingerprint density at radius 3 is 2.45 bits per heavy atom. The summed E-state index contributed by atoms with van der Waals surface area (Å²) in [5.41, 5.74) is 0.614. The zero-order valence-electron chi connectivity index (χ0n) is 15.6. The van der Waals surface area contributed by atoms with Crippen LogP contribution in [0.15, 0.2) is 75.9 Å². The lowest BCUT2D eigenvalue weighted by Crippen LogP contribution is -2.33. The third kappa shape index (κ3) is 4.41. The van der Waals surface area contributed by atoms with Crippen molar-refractivity contribution in [3.8, 4) is 11.4 Å². The highest BCUT2D eigenvalue weighted by molar-refractivity contribution is 7.92. The fraction of sp³-hybridized carbons (Fsp3) is 0. The first-order valence-corrected chi connectivity index (χ1v) is 11.4. The molecule has 31 heavy (non-hydrogen) atoms. The van der Waals surface area contributed by atoms with E-state index in [4.69, 9.17) is 11.6 Å². The van der Waals surface area contributed by atoms with Crippen LogP contribution < -0.4 is 15.6 Å². The minimum absolute atomic E-state index is 0.0718. The Hall–Kier alpha value is -3.34. The molecule has 0 aliphatic rings. The number of anilines is 1. The SMILES string of the molecule is O=C(Nc1ccc(-n2ccc3cc(O)ccc3c2=O)cc1)NS(=O)(=O)c1ccc(Cl)s1. The summed E-state index contributed by atoms with van der Waals surface area (Å²) in [4.78, 5) is 24.8. The number of halogens is 1. The number of aromatic hydroxyl groups is 1.